The van der Waals surface area contributed by atoms with Crippen molar-refractivity contribution in [3.8, 4) is 0 Å². The summed E-state index contributed by atoms with van der Waals surface area (Å²) in [4.78, 5) is 0. The lowest BCUT2D eigenvalue weighted by Gasteiger charge is -2.30. The molecular weight excluding hydrogens is 375 g/mol. The summed E-state index contributed by atoms with van der Waals surface area (Å²) < 4.78 is 0. The van der Waals surface area contributed by atoms with Gasteiger partial charge in [-0.05, 0) is 60.4 Å². The first-order valence-electron chi connectivity index (χ1n) is 9.18. The fourth-order valence-corrected chi connectivity index (χ4v) is 4.52. The molecule has 2 nitrogen and oxygen atoms in total. The van der Waals surface area contributed by atoms with Crippen LogP contribution in [0.1, 0.15) is 29.2 Å². The van der Waals surface area contributed by atoms with Crippen molar-refractivity contribution in [1.82, 2.24) is 0 Å². The number of hydrogen-bond donors (Lipinski definition) is 0. The van der Waals surface area contributed by atoms with Crippen LogP contribution in [0.25, 0.3) is 0 Å². The second kappa shape index (κ2) is 6.70. The van der Waals surface area contributed by atoms with Crippen LogP contribution in [-0.4, -0.2) is 5.71 Å². The van der Waals surface area contributed by atoms with Crippen LogP contribution in [0.4, 0.5) is 5.69 Å². The summed E-state index contributed by atoms with van der Waals surface area (Å²) in [6.45, 7) is 0. The summed E-state index contributed by atoms with van der Waals surface area (Å²) in [7, 11) is 0. The predicted molar refractivity (Wildman–Crippen MR) is 113 cm³/mol. The lowest BCUT2D eigenvalue weighted by molar-refractivity contribution is 0.510. The van der Waals surface area contributed by atoms with E-state index in [-0.39, 0.29) is 6.04 Å². The lowest BCUT2D eigenvalue weighted by atomic mass is 9.77. The van der Waals surface area contributed by atoms with Crippen LogP contribution in [0, 0.1) is 5.92 Å². The Hall–Kier alpha value is -2.29. The Balaban J connectivity index is 1.64. The van der Waals surface area contributed by atoms with Crippen LogP contribution in [-0.2, 0) is 6.42 Å². The molecule has 2 atom stereocenters. The van der Waals surface area contributed by atoms with Gasteiger partial charge in [0, 0.05) is 21.5 Å². The molecule has 5 rings (SSSR count). The number of hydrogen-bond acceptors (Lipinski definition) is 2. The highest BCUT2D eigenvalue weighted by Crippen LogP contribution is 2.45. The van der Waals surface area contributed by atoms with Crippen molar-refractivity contribution in [3.05, 3.63) is 99.5 Å². The van der Waals surface area contributed by atoms with Crippen LogP contribution in [0.3, 0.4) is 0 Å². The van der Waals surface area contributed by atoms with Gasteiger partial charge in [0.15, 0.2) is 0 Å². The van der Waals surface area contributed by atoms with E-state index in [0.29, 0.717) is 5.92 Å². The van der Waals surface area contributed by atoms with Gasteiger partial charge in [0.05, 0.1) is 17.4 Å². The summed E-state index contributed by atoms with van der Waals surface area (Å²) in [6, 6.07) is 24.9. The Morgan fingerprint density at radius 1 is 0.815 bits per heavy atom. The van der Waals surface area contributed by atoms with E-state index in [1.165, 1.54) is 22.4 Å². The van der Waals surface area contributed by atoms with Crippen molar-refractivity contribution >= 4 is 34.6 Å². The van der Waals surface area contributed by atoms with E-state index < -0.39 is 0 Å². The molecule has 0 fully saturated rings. The number of nitrogens with zero attached hydrogens (tertiary/aromatic N) is 2. The van der Waals surface area contributed by atoms with Gasteiger partial charge in [0.2, 0.25) is 0 Å². The molecule has 3 aromatic rings. The zero-order valence-electron chi connectivity index (χ0n) is 14.6. The van der Waals surface area contributed by atoms with Crippen LogP contribution in [0.15, 0.2) is 77.9 Å². The van der Waals surface area contributed by atoms with Crippen molar-refractivity contribution in [3.63, 3.8) is 0 Å². The van der Waals surface area contributed by atoms with E-state index in [1.54, 1.807) is 0 Å². The molecule has 0 saturated heterocycles. The average molecular weight is 393 g/mol. The minimum atomic E-state index is 0.159. The predicted octanol–water partition coefficient (Wildman–Crippen LogP) is 6.52. The zero-order chi connectivity index (χ0) is 18.4. The van der Waals surface area contributed by atoms with Gasteiger partial charge in [-0.25, -0.2) is 0 Å². The molecular formula is C23H18Cl2N2. The third-order valence-electron chi connectivity index (χ3n) is 5.53. The Bertz CT molecular complexity index is 1010. The summed E-state index contributed by atoms with van der Waals surface area (Å²) in [5.41, 5.74) is 6.15. The Morgan fingerprint density at radius 3 is 2.22 bits per heavy atom. The fraction of sp³-hybridized carbons (Fsp3) is 0.174. The van der Waals surface area contributed by atoms with Crippen molar-refractivity contribution < 1.29 is 0 Å². The van der Waals surface area contributed by atoms with Gasteiger partial charge < -0.3 is 0 Å². The smallest absolute Gasteiger partial charge is 0.0860 e. The molecule has 2 aliphatic rings. The molecule has 0 N–H and O–H groups in total. The maximum Gasteiger partial charge on any atom is 0.0860 e. The maximum atomic E-state index is 6.14. The third-order valence-corrected chi connectivity index (χ3v) is 6.04. The van der Waals surface area contributed by atoms with Crippen molar-refractivity contribution in [1.29, 1.82) is 0 Å². The molecule has 0 amide bonds. The molecule has 1 heterocycles. The largest absolute Gasteiger partial charge is 0.257 e. The monoisotopic (exact) mass is 392 g/mol. The number of aryl methyl sites for hydroxylation is 1. The highest BCUT2D eigenvalue weighted by atomic mass is 35.5. The van der Waals surface area contributed by atoms with Gasteiger partial charge in [-0.3, -0.25) is 5.01 Å². The maximum absolute atomic E-state index is 6.14. The minimum absolute atomic E-state index is 0.159. The Labute approximate surface area is 169 Å². The molecule has 27 heavy (non-hydrogen) atoms. The lowest BCUT2D eigenvalue weighted by Crippen LogP contribution is -2.28. The highest BCUT2D eigenvalue weighted by molar-refractivity contribution is 6.30. The molecule has 0 aromatic heterocycles. The van der Waals surface area contributed by atoms with Gasteiger partial charge in [-0.1, -0.05) is 59.6 Å². The summed E-state index contributed by atoms with van der Waals surface area (Å²) in [5.74, 6) is 0.358. The molecule has 1 aliphatic heterocycles. The van der Waals surface area contributed by atoms with Crippen LogP contribution < -0.4 is 5.01 Å². The molecule has 3 aromatic carbocycles. The van der Waals surface area contributed by atoms with Gasteiger partial charge in [-0.15, -0.1) is 0 Å². The first-order chi connectivity index (χ1) is 13.2. The van der Waals surface area contributed by atoms with Crippen molar-refractivity contribution in [2.75, 3.05) is 5.01 Å². The molecule has 1 aliphatic carbocycles. The van der Waals surface area contributed by atoms with Gasteiger partial charge in [0.25, 0.3) is 0 Å². The minimum Gasteiger partial charge on any atom is -0.257 e. The van der Waals surface area contributed by atoms with E-state index in [0.717, 1.165) is 28.6 Å². The number of hydrazone groups is 1. The molecule has 134 valence electrons. The highest BCUT2D eigenvalue weighted by Gasteiger charge is 2.41. The van der Waals surface area contributed by atoms with E-state index in [9.17, 15) is 0 Å². The van der Waals surface area contributed by atoms with E-state index >= 15 is 0 Å². The number of rotatable bonds is 2. The molecule has 0 radical (unpaired) electrons. The third kappa shape index (κ3) is 2.93. The molecule has 0 unspecified atom stereocenters. The number of anilines is 1. The quantitative estimate of drug-likeness (QED) is 0.484. The van der Waals surface area contributed by atoms with E-state index in [2.05, 4.69) is 41.4 Å². The van der Waals surface area contributed by atoms with Gasteiger partial charge >= 0.3 is 0 Å². The average Bonchev–Trinajstić information content (AvgIpc) is 3.09. The fourth-order valence-electron chi connectivity index (χ4n) is 4.27. The normalized spacial score (nSPS) is 20.8. The standard InChI is InChI=1S/C23H18Cl2N2/c24-17-8-5-16(6-9-17)23-21-14-7-15-3-1-2-4-20(15)22(21)26-27(23)19-12-10-18(25)11-13-19/h1-6,8-13,21,23H,7,14H2/t21-,23+/m1/s1. The number of halogens is 2. The zero-order valence-corrected chi connectivity index (χ0v) is 16.2. The van der Waals surface area contributed by atoms with Crippen LogP contribution in [0.2, 0.25) is 10.0 Å². The Morgan fingerprint density at radius 2 is 1.48 bits per heavy atom. The van der Waals surface area contributed by atoms with Crippen LogP contribution in [0.5, 0.6) is 0 Å². The summed E-state index contributed by atoms with van der Waals surface area (Å²) in [5, 5.41) is 8.75. The summed E-state index contributed by atoms with van der Waals surface area (Å²) in [6.07, 6.45) is 2.17. The first-order valence-corrected chi connectivity index (χ1v) is 9.93. The van der Waals surface area contributed by atoms with Crippen LogP contribution >= 0.6 is 23.2 Å². The SMILES string of the molecule is Clc1ccc([C@H]2[C@@H]3CCc4ccccc4C3=NN2c2ccc(Cl)cc2)cc1. The molecule has 0 spiro atoms. The number of benzene rings is 3. The van der Waals surface area contributed by atoms with E-state index in [1.807, 2.05) is 36.4 Å². The molecule has 4 heteroatoms. The van der Waals surface area contributed by atoms with Gasteiger partial charge in [-0.2, -0.15) is 5.10 Å². The van der Waals surface area contributed by atoms with E-state index in [4.69, 9.17) is 28.3 Å². The Kier molecular flexibility index (Phi) is 4.18. The second-order valence-corrected chi connectivity index (χ2v) is 7.98. The molecule has 0 saturated carbocycles. The first kappa shape index (κ1) is 16.9. The molecule has 0 bridgehead atoms. The number of fused-ring (bicyclic) bond motifs is 3. The summed E-state index contributed by atoms with van der Waals surface area (Å²) >= 11 is 12.2. The van der Waals surface area contributed by atoms with Crippen molar-refractivity contribution in [2.24, 2.45) is 11.0 Å². The van der Waals surface area contributed by atoms with Gasteiger partial charge in [0.1, 0.15) is 0 Å². The topological polar surface area (TPSA) is 15.6 Å². The second-order valence-electron chi connectivity index (χ2n) is 7.10. The van der Waals surface area contributed by atoms with Crippen molar-refractivity contribution in [2.45, 2.75) is 18.9 Å².